The highest BCUT2D eigenvalue weighted by Gasteiger charge is 2.20. The van der Waals surface area contributed by atoms with Gasteiger partial charge in [0.05, 0.1) is 11.6 Å². The largest absolute Gasteiger partial charge is 0.345 e. The molecule has 2 aromatic carbocycles. The number of hydrogen-bond acceptors (Lipinski definition) is 2. The predicted octanol–water partition coefficient (Wildman–Crippen LogP) is 4.32. The molecule has 1 atom stereocenters. The molecule has 0 aliphatic carbocycles. The molecule has 0 spiro atoms. The van der Waals surface area contributed by atoms with E-state index in [4.69, 9.17) is 0 Å². The monoisotopic (exact) mass is 325 g/mol. The average Bonchev–Trinajstić information content (AvgIpc) is 2.52. The summed E-state index contributed by atoms with van der Waals surface area (Å²) in [4.78, 5) is 13.1. The molecule has 0 saturated heterocycles. The molecule has 0 aromatic heterocycles. The minimum absolute atomic E-state index is 0.393. The first kappa shape index (κ1) is 16.4. The molecule has 0 fully saturated rings. The van der Waals surface area contributed by atoms with Gasteiger partial charge in [-0.1, -0.05) is 12.1 Å². The highest BCUT2D eigenvalue weighted by Crippen LogP contribution is 2.20. The summed E-state index contributed by atoms with van der Waals surface area (Å²) in [6.45, 7) is 1.73. The van der Waals surface area contributed by atoms with Gasteiger partial charge in [0, 0.05) is 4.90 Å². The number of nitrogens with one attached hydrogen (secondary N) is 1. The van der Waals surface area contributed by atoms with E-state index in [-0.39, 0.29) is 0 Å². The van der Waals surface area contributed by atoms with Crippen molar-refractivity contribution in [2.24, 2.45) is 0 Å². The summed E-state index contributed by atoms with van der Waals surface area (Å²) in [5, 5.41) is 2.56. The van der Waals surface area contributed by atoms with Crippen molar-refractivity contribution in [1.29, 1.82) is 0 Å². The quantitative estimate of drug-likeness (QED) is 0.670. The van der Waals surface area contributed by atoms with E-state index in [1.165, 1.54) is 0 Å². The standard InChI is InChI=1S/C16H14F3NOS/c1-9(10-3-5-11(22-2)6-4-10)20-16(21)12-7-8-13(17)15(19)14(12)18/h3-9H,1-2H3,(H,20,21)/t9-/m1/s1. The number of benzene rings is 2. The molecule has 22 heavy (non-hydrogen) atoms. The number of thioether (sulfide) groups is 1. The number of carbonyl (C=O) groups excluding carboxylic acids is 1. The molecule has 2 rings (SSSR count). The molecule has 0 bridgehead atoms. The summed E-state index contributed by atoms with van der Waals surface area (Å²) in [5.74, 6) is -5.25. The van der Waals surface area contributed by atoms with E-state index in [2.05, 4.69) is 5.32 Å². The lowest BCUT2D eigenvalue weighted by molar-refractivity contribution is 0.0934. The van der Waals surface area contributed by atoms with Gasteiger partial charge in [0.1, 0.15) is 0 Å². The van der Waals surface area contributed by atoms with Gasteiger partial charge in [-0.2, -0.15) is 0 Å². The van der Waals surface area contributed by atoms with Crippen molar-refractivity contribution in [3.05, 3.63) is 65.0 Å². The summed E-state index contributed by atoms with van der Waals surface area (Å²) in [6.07, 6.45) is 1.95. The lowest BCUT2D eigenvalue weighted by atomic mass is 10.1. The fourth-order valence-electron chi connectivity index (χ4n) is 1.95. The number of amides is 1. The SMILES string of the molecule is CSc1ccc([C@@H](C)NC(=O)c2ccc(F)c(F)c2F)cc1. The van der Waals surface area contributed by atoms with Gasteiger partial charge in [-0.15, -0.1) is 11.8 Å². The third-order valence-electron chi connectivity index (χ3n) is 3.24. The highest BCUT2D eigenvalue weighted by atomic mass is 32.2. The number of rotatable bonds is 4. The molecule has 0 unspecified atom stereocenters. The van der Waals surface area contributed by atoms with E-state index in [1.807, 2.05) is 30.5 Å². The van der Waals surface area contributed by atoms with Gasteiger partial charge in [0.25, 0.3) is 5.91 Å². The Morgan fingerprint density at radius 1 is 1.05 bits per heavy atom. The summed E-state index contributed by atoms with van der Waals surface area (Å²) < 4.78 is 39.6. The zero-order valence-electron chi connectivity index (χ0n) is 12.0. The number of carbonyl (C=O) groups is 1. The van der Waals surface area contributed by atoms with Crippen LogP contribution in [0.1, 0.15) is 28.9 Å². The molecule has 0 saturated carbocycles. The van der Waals surface area contributed by atoms with Crippen molar-refractivity contribution >= 4 is 17.7 Å². The third-order valence-corrected chi connectivity index (χ3v) is 3.99. The maximum atomic E-state index is 13.6. The first-order valence-corrected chi connectivity index (χ1v) is 7.74. The van der Waals surface area contributed by atoms with Crippen LogP contribution in [0.4, 0.5) is 13.2 Å². The molecule has 2 nitrogen and oxygen atoms in total. The third kappa shape index (κ3) is 3.44. The van der Waals surface area contributed by atoms with Crippen LogP contribution >= 0.6 is 11.8 Å². The summed E-state index contributed by atoms with van der Waals surface area (Å²) in [6, 6.07) is 8.76. The van der Waals surface area contributed by atoms with E-state index in [0.29, 0.717) is 0 Å². The second-order valence-corrected chi connectivity index (χ2v) is 5.57. The summed E-state index contributed by atoms with van der Waals surface area (Å²) in [5.41, 5.74) is 0.306. The Kier molecular flexibility index (Phi) is 5.13. The Balaban J connectivity index is 2.15. The van der Waals surface area contributed by atoms with Gasteiger partial charge in [0.2, 0.25) is 0 Å². The molecule has 0 aliphatic rings. The normalized spacial score (nSPS) is 12.0. The minimum atomic E-state index is -1.65. The first-order chi connectivity index (χ1) is 10.4. The Bertz CT molecular complexity index is 689. The van der Waals surface area contributed by atoms with E-state index in [0.717, 1.165) is 22.6 Å². The predicted molar refractivity (Wildman–Crippen MR) is 80.4 cm³/mol. The molecule has 6 heteroatoms. The van der Waals surface area contributed by atoms with Gasteiger partial charge < -0.3 is 5.32 Å². The van der Waals surface area contributed by atoms with Crippen LogP contribution in [-0.2, 0) is 0 Å². The van der Waals surface area contributed by atoms with Crippen molar-refractivity contribution in [3.8, 4) is 0 Å². The van der Waals surface area contributed by atoms with Crippen LogP contribution in [0.5, 0.6) is 0 Å². The number of hydrogen-bond donors (Lipinski definition) is 1. The molecule has 0 aliphatic heterocycles. The fourth-order valence-corrected chi connectivity index (χ4v) is 2.36. The van der Waals surface area contributed by atoms with Crippen molar-refractivity contribution < 1.29 is 18.0 Å². The smallest absolute Gasteiger partial charge is 0.254 e. The second-order valence-electron chi connectivity index (χ2n) is 4.69. The van der Waals surface area contributed by atoms with Crippen LogP contribution in [0.3, 0.4) is 0 Å². The van der Waals surface area contributed by atoms with Crippen molar-refractivity contribution in [3.63, 3.8) is 0 Å². The van der Waals surface area contributed by atoms with E-state index in [9.17, 15) is 18.0 Å². The van der Waals surface area contributed by atoms with Crippen LogP contribution in [-0.4, -0.2) is 12.2 Å². The average molecular weight is 325 g/mol. The second kappa shape index (κ2) is 6.87. The minimum Gasteiger partial charge on any atom is -0.345 e. The molecule has 1 amide bonds. The number of halogens is 3. The Labute approximate surface area is 130 Å². The van der Waals surface area contributed by atoms with E-state index in [1.54, 1.807) is 18.7 Å². The van der Waals surface area contributed by atoms with Crippen LogP contribution in [0.15, 0.2) is 41.3 Å². The van der Waals surface area contributed by atoms with Gasteiger partial charge in [0.15, 0.2) is 17.5 Å². The van der Waals surface area contributed by atoms with Gasteiger partial charge >= 0.3 is 0 Å². The lowest BCUT2D eigenvalue weighted by Gasteiger charge is -2.15. The molecule has 0 radical (unpaired) electrons. The zero-order chi connectivity index (χ0) is 16.3. The lowest BCUT2D eigenvalue weighted by Crippen LogP contribution is -2.27. The van der Waals surface area contributed by atoms with Crippen LogP contribution in [0, 0.1) is 17.5 Å². The maximum absolute atomic E-state index is 13.6. The van der Waals surface area contributed by atoms with Crippen LogP contribution in [0.2, 0.25) is 0 Å². The topological polar surface area (TPSA) is 29.1 Å². The zero-order valence-corrected chi connectivity index (χ0v) is 12.8. The molecular formula is C16H14F3NOS. The molecule has 1 N–H and O–H groups in total. The molecule has 0 heterocycles. The van der Waals surface area contributed by atoms with Crippen LogP contribution in [0.25, 0.3) is 0 Å². The fraction of sp³-hybridized carbons (Fsp3) is 0.188. The summed E-state index contributed by atoms with van der Waals surface area (Å²) >= 11 is 1.59. The van der Waals surface area contributed by atoms with Crippen LogP contribution < -0.4 is 5.32 Å². The van der Waals surface area contributed by atoms with Gasteiger partial charge in [-0.25, -0.2) is 13.2 Å². The van der Waals surface area contributed by atoms with Gasteiger partial charge in [-0.3, -0.25) is 4.79 Å². The van der Waals surface area contributed by atoms with E-state index >= 15 is 0 Å². The van der Waals surface area contributed by atoms with Crippen molar-refractivity contribution in [2.45, 2.75) is 17.9 Å². The molecule has 2 aromatic rings. The first-order valence-electron chi connectivity index (χ1n) is 6.52. The van der Waals surface area contributed by atoms with Crippen molar-refractivity contribution in [2.75, 3.05) is 6.26 Å². The maximum Gasteiger partial charge on any atom is 0.254 e. The van der Waals surface area contributed by atoms with E-state index < -0.39 is 35.0 Å². The summed E-state index contributed by atoms with van der Waals surface area (Å²) in [7, 11) is 0. The molecule has 116 valence electrons. The highest BCUT2D eigenvalue weighted by molar-refractivity contribution is 7.98. The van der Waals surface area contributed by atoms with Gasteiger partial charge in [-0.05, 0) is 43.0 Å². The Morgan fingerprint density at radius 3 is 2.27 bits per heavy atom. The Hall–Kier alpha value is -1.95. The molecular weight excluding hydrogens is 311 g/mol. The van der Waals surface area contributed by atoms with Crippen molar-refractivity contribution in [1.82, 2.24) is 5.32 Å². The Morgan fingerprint density at radius 2 is 1.68 bits per heavy atom.